The molecule has 116 valence electrons. The van der Waals surface area contributed by atoms with Crippen LogP contribution in [0, 0.1) is 0 Å². The second-order valence-corrected chi connectivity index (χ2v) is 4.67. The number of rotatable bonds is 3. The molecule has 0 aromatic heterocycles. The summed E-state index contributed by atoms with van der Waals surface area (Å²) in [6.07, 6.45) is -4.37. The zero-order chi connectivity index (χ0) is 15.7. The van der Waals surface area contributed by atoms with Crippen LogP contribution in [0.4, 0.5) is 18.0 Å². The predicted molar refractivity (Wildman–Crippen MR) is 67.9 cm³/mol. The lowest BCUT2D eigenvalue weighted by Crippen LogP contribution is -2.66. The van der Waals surface area contributed by atoms with Crippen LogP contribution in [0.25, 0.3) is 0 Å². The van der Waals surface area contributed by atoms with E-state index in [-0.39, 0.29) is 17.5 Å². The van der Waals surface area contributed by atoms with Gasteiger partial charge in [0.2, 0.25) is 0 Å². The van der Waals surface area contributed by atoms with E-state index in [4.69, 9.17) is 9.47 Å². The number of fused-ring (bicyclic) bond motifs is 1. The number of urea groups is 1. The lowest BCUT2D eigenvalue weighted by atomic mass is 10.3. The van der Waals surface area contributed by atoms with Crippen molar-refractivity contribution in [2.24, 2.45) is 0 Å². The molecule has 0 aliphatic carbocycles. The van der Waals surface area contributed by atoms with Crippen LogP contribution in [0.2, 0.25) is 0 Å². The molecule has 1 aliphatic heterocycles. The standard InChI is InChI=1S/C13H15F3N2O3/c1-3-8(2)17-11(19)18-13(12(14,15)16)20-9-6-4-5-7-10(9)21-13/h4-8H,3H2,1-2H3,(H2,17,18,19)/t8-/m1/s1. The first kappa shape index (κ1) is 15.3. The van der Waals surface area contributed by atoms with Crippen molar-refractivity contribution in [3.8, 4) is 11.5 Å². The number of halogens is 3. The number of carbonyl (C=O) groups excluding carboxylic acids is 1. The van der Waals surface area contributed by atoms with Crippen LogP contribution in [-0.2, 0) is 0 Å². The Hall–Kier alpha value is -2.12. The largest absolute Gasteiger partial charge is 0.492 e. The first-order valence-corrected chi connectivity index (χ1v) is 6.40. The minimum absolute atomic E-state index is 0.0846. The van der Waals surface area contributed by atoms with Gasteiger partial charge < -0.3 is 14.8 Å². The molecule has 2 rings (SSSR count). The Kier molecular flexibility index (Phi) is 3.89. The SMILES string of the molecule is CC[C@@H](C)NC(=O)NC1(C(F)(F)F)Oc2ccccc2O1. The van der Waals surface area contributed by atoms with Crippen molar-refractivity contribution in [1.82, 2.24) is 10.6 Å². The maximum absolute atomic E-state index is 13.3. The maximum Gasteiger partial charge on any atom is 0.492 e. The highest BCUT2D eigenvalue weighted by molar-refractivity contribution is 5.75. The van der Waals surface area contributed by atoms with Crippen molar-refractivity contribution in [2.45, 2.75) is 38.4 Å². The number of hydrogen-bond acceptors (Lipinski definition) is 3. The molecule has 21 heavy (non-hydrogen) atoms. The third kappa shape index (κ3) is 2.98. The Balaban J connectivity index is 2.20. The predicted octanol–water partition coefficient (Wildman–Crippen LogP) is 2.77. The van der Waals surface area contributed by atoms with E-state index < -0.39 is 18.1 Å². The molecule has 0 unspecified atom stereocenters. The summed E-state index contributed by atoms with van der Waals surface area (Å²) in [6.45, 7) is 3.47. The smallest absolute Gasteiger partial charge is 0.424 e. The molecular formula is C13H15F3N2O3. The summed E-state index contributed by atoms with van der Waals surface area (Å²) in [5.74, 6) is -3.38. The number of carbonyl (C=O) groups is 1. The van der Waals surface area contributed by atoms with Crippen LogP contribution in [0.15, 0.2) is 24.3 Å². The molecule has 5 nitrogen and oxygen atoms in total. The molecule has 1 aromatic carbocycles. The highest BCUT2D eigenvalue weighted by Crippen LogP contribution is 2.44. The van der Waals surface area contributed by atoms with E-state index in [9.17, 15) is 18.0 Å². The van der Waals surface area contributed by atoms with Gasteiger partial charge in [-0.3, -0.25) is 5.32 Å². The number of nitrogens with one attached hydrogen (secondary N) is 2. The Morgan fingerprint density at radius 3 is 2.24 bits per heavy atom. The monoisotopic (exact) mass is 304 g/mol. The lowest BCUT2D eigenvalue weighted by Gasteiger charge is -2.30. The molecule has 2 N–H and O–H groups in total. The number of ether oxygens (including phenoxy) is 2. The van der Waals surface area contributed by atoms with Gasteiger partial charge in [-0.15, -0.1) is 0 Å². The molecule has 1 aliphatic rings. The van der Waals surface area contributed by atoms with Crippen molar-refractivity contribution in [1.29, 1.82) is 0 Å². The maximum atomic E-state index is 13.3. The average Bonchev–Trinajstić information content (AvgIpc) is 2.76. The molecule has 2 amide bonds. The van der Waals surface area contributed by atoms with E-state index >= 15 is 0 Å². The fraction of sp³-hybridized carbons (Fsp3) is 0.462. The molecule has 0 radical (unpaired) electrons. The number of amides is 2. The van der Waals surface area contributed by atoms with Crippen molar-refractivity contribution >= 4 is 6.03 Å². The highest BCUT2D eigenvalue weighted by atomic mass is 19.4. The molecule has 1 atom stereocenters. The normalized spacial score (nSPS) is 17.2. The topological polar surface area (TPSA) is 59.6 Å². The van der Waals surface area contributed by atoms with Crippen molar-refractivity contribution in [3.05, 3.63) is 24.3 Å². The summed E-state index contributed by atoms with van der Waals surface area (Å²) in [5, 5.41) is 4.10. The summed E-state index contributed by atoms with van der Waals surface area (Å²) < 4.78 is 49.5. The highest BCUT2D eigenvalue weighted by Gasteiger charge is 2.65. The van der Waals surface area contributed by atoms with E-state index in [0.29, 0.717) is 6.42 Å². The summed E-state index contributed by atoms with van der Waals surface area (Å²) in [5.41, 5.74) is 0. The van der Waals surface area contributed by atoms with Crippen molar-refractivity contribution < 1.29 is 27.4 Å². The van der Waals surface area contributed by atoms with Crippen LogP contribution in [0.3, 0.4) is 0 Å². The third-order valence-electron chi connectivity index (χ3n) is 3.00. The molecule has 0 saturated heterocycles. The minimum atomic E-state index is -4.95. The fourth-order valence-electron chi connectivity index (χ4n) is 1.70. The number of hydrogen-bond donors (Lipinski definition) is 2. The first-order chi connectivity index (χ1) is 9.77. The van der Waals surface area contributed by atoms with E-state index in [0.717, 1.165) is 0 Å². The Morgan fingerprint density at radius 2 is 1.81 bits per heavy atom. The van der Waals surface area contributed by atoms with Gasteiger partial charge in [-0.25, -0.2) is 4.79 Å². The van der Waals surface area contributed by atoms with Crippen molar-refractivity contribution in [2.75, 3.05) is 0 Å². The van der Waals surface area contributed by atoms with Crippen LogP contribution >= 0.6 is 0 Å². The molecule has 1 aromatic rings. The summed E-state index contributed by atoms with van der Waals surface area (Å²) in [6, 6.07) is 4.38. The van der Waals surface area contributed by atoms with Crippen LogP contribution < -0.4 is 20.1 Å². The van der Waals surface area contributed by atoms with E-state index in [1.807, 2.05) is 0 Å². The number of alkyl halides is 3. The molecule has 0 bridgehead atoms. The number of para-hydroxylation sites is 2. The van der Waals surface area contributed by atoms with Crippen LogP contribution in [0.1, 0.15) is 20.3 Å². The van der Waals surface area contributed by atoms with Gasteiger partial charge in [0, 0.05) is 6.04 Å². The van der Waals surface area contributed by atoms with Gasteiger partial charge >= 0.3 is 18.1 Å². The van der Waals surface area contributed by atoms with Gasteiger partial charge in [-0.2, -0.15) is 13.2 Å². The van der Waals surface area contributed by atoms with Gasteiger partial charge in [0.05, 0.1) is 0 Å². The third-order valence-corrected chi connectivity index (χ3v) is 3.00. The first-order valence-electron chi connectivity index (χ1n) is 6.40. The van der Waals surface area contributed by atoms with E-state index in [1.54, 1.807) is 19.2 Å². The Labute approximate surface area is 119 Å². The molecular weight excluding hydrogens is 289 g/mol. The lowest BCUT2D eigenvalue weighted by molar-refractivity contribution is -0.317. The van der Waals surface area contributed by atoms with Gasteiger partial charge in [0.15, 0.2) is 11.5 Å². The second kappa shape index (κ2) is 5.34. The zero-order valence-electron chi connectivity index (χ0n) is 11.5. The molecule has 8 heteroatoms. The van der Waals surface area contributed by atoms with E-state index in [2.05, 4.69) is 5.32 Å². The van der Waals surface area contributed by atoms with Gasteiger partial charge in [0.1, 0.15) is 0 Å². The molecule has 0 saturated carbocycles. The number of benzene rings is 1. The average molecular weight is 304 g/mol. The van der Waals surface area contributed by atoms with Crippen LogP contribution in [0.5, 0.6) is 11.5 Å². The summed E-state index contributed by atoms with van der Waals surface area (Å²) >= 11 is 0. The van der Waals surface area contributed by atoms with Crippen molar-refractivity contribution in [3.63, 3.8) is 0 Å². The van der Waals surface area contributed by atoms with Gasteiger partial charge in [0.25, 0.3) is 0 Å². The zero-order valence-corrected chi connectivity index (χ0v) is 11.5. The fourth-order valence-corrected chi connectivity index (χ4v) is 1.70. The summed E-state index contributed by atoms with van der Waals surface area (Å²) in [7, 11) is 0. The second-order valence-electron chi connectivity index (χ2n) is 4.67. The summed E-state index contributed by atoms with van der Waals surface area (Å²) in [4.78, 5) is 11.7. The Morgan fingerprint density at radius 1 is 1.29 bits per heavy atom. The molecule has 0 fully saturated rings. The quantitative estimate of drug-likeness (QED) is 0.902. The van der Waals surface area contributed by atoms with Crippen LogP contribution in [-0.4, -0.2) is 24.2 Å². The Bertz CT molecular complexity index is 509. The molecule has 0 spiro atoms. The van der Waals surface area contributed by atoms with Gasteiger partial charge in [-0.05, 0) is 25.5 Å². The minimum Gasteiger partial charge on any atom is -0.424 e. The van der Waals surface area contributed by atoms with E-state index in [1.165, 1.54) is 24.3 Å². The van der Waals surface area contributed by atoms with Gasteiger partial charge in [-0.1, -0.05) is 19.1 Å². The molecule has 1 heterocycles.